The van der Waals surface area contributed by atoms with Crippen molar-refractivity contribution in [3.8, 4) is 90.8 Å². The van der Waals surface area contributed by atoms with Crippen LogP contribution < -0.4 is 0 Å². The minimum Gasteiger partial charge on any atom is -0.309 e. The Balaban J connectivity index is 1.05. The van der Waals surface area contributed by atoms with Gasteiger partial charge in [-0.2, -0.15) is 0 Å². The summed E-state index contributed by atoms with van der Waals surface area (Å²) in [4.78, 5) is 31.4. The summed E-state index contributed by atoms with van der Waals surface area (Å²) in [7, 11) is 0. The molecule has 0 aliphatic carbocycles. The first-order chi connectivity index (χ1) is 36.7. The summed E-state index contributed by atoms with van der Waals surface area (Å²) in [6.07, 6.45) is 0. The number of benzene rings is 10. The molecule has 0 unspecified atom stereocenters. The highest BCUT2D eigenvalue weighted by Gasteiger charge is 2.25. The van der Waals surface area contributed by atoms with E-state index < -0.39 is 0 Å². The van der Waals surface area contributed by atoms with Crippen molar-refractivity contribution in [1.29, 1.82) is 0 Å². The molecule has 0 saturated heterocycles. The van der Waals surface area contributed by atoms with E-state index in [9.17, 15) is 0 Å². The van der Waals surface area contributed by atoms with E-state index in [2.05, 4.69) is 167 Å². The fourth-order valence-corrected chi connectivity index (χ4v) is 10.4. The molecule has 4 heterocycles. The van der Waals surface area contributed by atoms with Crippen LogP contribution in [0, 0.1) is 0 Å². The molecular formula is C66H42N8. The largest absolute Gasteiger partial charge is 0.309 e. The standard InChI is InChI=1S/C66H42N8/c1-6-20-43(21-7-1)44-34-36-48(37-35-44)64-68-63(47-26-12-4-13-27-47)71-66(72-64)53-42-49(65-69-61(45-22-8-2-9-23-45)67-62(70-65)46-24-10-3-11-25-46)38-39-56(53)74-55-33-19-17-31-52(55)60-58(74)41-40-57-59(60)51-30-16-18-32-54(51)73(57)50-28-14-5-15-29-50/h1-42H. The van der Waals surface area contributed by atoms with Crippen molar-refractivity contribution in [1.82, 2.24) is 39.0 Å². The van der Waals surface area contributed by atoms with Gasteiger partial charge >= 0.3 is 0 Å². The van der Waals surface area contributed by atoms with Crippen LogP contribution in [0.25, 0.3) is 134 Å². The maximum atomic E-state index is 5.43. The molecule has 0 atom stereocenters. The molecule has 0 amide bonds. The quantitative estimate of drug-likeness (QED) is 0.143. The lowest BCUT2D eigenvalue weighted by atomic mass is 10.0. The second-order valence-electron chi connectivity index (χ2n) is 18.3. The molecular weight excluding hydrogens is 905 g/mol. The summed E-state index contributed by atoms with van der Waals surface area (Å²) in [6, 6.07) is 88.1. The number of para-hydroxylation sites is 3. The third kappa shape index (κ3) is 7.40. The minimum atomic E-state index is 0.506. The minimum absolute atomic E-state index is 0.506. The van der Waals surface area contributed by atoms with Crippen molar-refractivity contribution < 1.29 is 0 Å². The Kier molecular flexibility index (Phi) is 10.3. The van der Waals surface area contributed by atoms with Crippen LogP contribution in [0.2, 0.25) is 0 Å². The molecule has 8 nitrogen and oxygen atoms in total. The number of hydrogen-bond donors (Lipinski definition) is 0. The average Bonchev–Trinajstić information content (AvgIpc) is 4.03. The SMILES string of the molecule is c1ccc(-c2ccc(-c3nc(-c4ccccc4)nc(-c4cc(-c5nc(-c6ccccc6)nc(-c6ccccc6)n5)ccc4-n4c5ccccc5c5c6c7ccccc7n(-c7ccccc7)c6ccc54)n3)cc2)cc1. The normalized spacial score (nSPS) is 11.5. The van der Waals surface area contributed by atoms with E-state index in [0.717, 1.165) is 88.7 Å². The van der Waals surface area contributed by atoms with E-state index in [1.54, 1.807) is 0 Å². The molecule has 4 aromatic heterocycles. The fraction of sp³-hybridized carbons (Fsp3) is 0. The second-order valence-corrected chi connectivity index (χ2v) is 18.3. The molecule has 14 aromatic rings. The predicted octanol–water partition coefficient (Wildman–Crippen LogP) is 15.9. The van der Waals surface area contributed by atoms with Crippen molar-refractivity contribution in [2.45, 2.75) is 0 Å². The first-order valence-corrected chi connectivity index (χ1v) is 24.7. The molecule has 8 heteroatoms. The summed E-state index contributed by atoms with van der Waals surface area (Å²) in [5.41, 5.74) is 13.7. The van der Waals surface area contributed by atoms with E-state index in [1.165, 1.54) is 10.8 Å². The Morgan fingerprint density at radius 3 is 1.07 bits per heavy atom. The van der Waals surface area contributed by atoms with Crippen molar-refractivity contribution >= 4 is 43.6 Å². The van der Waals surface area contributed by atoms with Gasteiger partial charge in [-0.3, -0.25) is 0 Å². The molecule has 0 spiro atoms. The van der Waals surface area contributed by atoms with Crippen LogP contribution in [0.1, 0.15) is 0 Å². The van der Waals surface area contributed by atoms with E-state index in [1.807, 2.05) is 97.1 Å². The third-order valence-corrected chi connectivity index (χ3v) is 13.8. The Labute approximate surface area is 426 Å². The van der Waals surface area contributed by atoms with Crippen molar-refractivity contribution in [3.05, 3.63) is 255 Å². The van der Waals surface area contributed by atoms with Crippen LogP contribution in [0.3, 0.4) is 0 Å². The van der Waals surface area contributed by atoms with Gasteiger partial charge in [0, 0.05) is 60.6 Å². The van der Waals surface area contributed by atoms with Crippen LogP contribution in [0.15, 0.2) is 255 Å². The number of nitrogens with zero attached hydrogens (tertiary/aromatic N) is 8. The van der Waals surface area contributed by atoms with Crippen LogP contribution in [-0.2, 0) is 0 Å². The van der Waals surface area contributed by atoms with E-state index >= 15 is 0 Å². The molecule has 346 valence electrons. The topological polar surface area (TPSA) is 87.2 Å². The van der Waals surface area contributed by atoms with Gasteiger partial charge < -0.3 is 9.13 Å². The summed E-state index contributed by atoms with van der Waals surface area (Å²) in [6.45, 7) is 0. The maximum absolute atomic E-state index is 5.43. The van der Waals surface area contributed by atoms with E-state index in [4.69, 9.17) is 29.9 Å². The van der Waals surface area contributed by atoms with Gasteiger partial charge in [-0.1, -0.05) is 200 Å². The molecule has 10 aromatic carbocycles. The summed E-state index contributed by atoms with van der Waals surface area (Å²) in [5.74, 6) is 3.30. The smallest absolute Gasteiger partial charge is 0.166 e. The summed E-state index contributed by atoms with van der Waals surface area (Å²) >= 11 is 0. The number of aromatic nitrogens is 8. The molecule has 0 fully saturated rings. The van der Waals surface area contributed by atoms with E-state index in [0.29, 0.717) is 34.9 Å². The molecule has 0 radical (unpaired) electrons. The lowest BCUT2D eigenvalue weighted by molar-refractivity contribution is 1.06. The van der Waals surface area contributed by atoms with Gasteiger partial charge in [0.1, 0.15) is 0 Å². The predicted molar refractivity (Wildman–Crippen MR) is 300 cm³/mol. The zero-order chi connectivity index (χ0) is 49.0. The zero-order valence-electron chi connectivity index (χ0n) is 39.8. The lowest BCUT2D eigenvalue weighted by Crippen LogP contribution is -2.05. The Bertz CT molecular complexity index is 4330. The van der Waals surface area contributed by atoms with Gasteiger partial charge in [0.15, 0.2) is 34.9 Å². The molecule has 0 aliphatic heterocycles. The van der Waals surface area contributed by atoms with Gasteiger partial charge in [-0.15, -0.1) is 0 Å². The number of rotatable bonds is 9. The Morgan fingerprint density at radius 1 is 0.230 bits per heavy atom. The molecule has 74 heavy (non-hydrogen) atoms. The maximum Gasteiger partial charge on any atom is 0.166 e. The molecule has 0 aliphatic rings. The van der Waals surface area contributed by atoms with E-state index in [-0.39, 0.29) is 0 Å². The molecule has 0 bridgehead atoms. The lowest BCUT2D eigenvalue weighted by Gasteiger charge is -2.16. The van der Waals surface area contributed by atoms with Crippen LogP contribution in [0.4, 0.5) is 0 Å². The van der Waals surface area contributed by atoms with Crippen LogP contribution in [-0.4, -0.2) is 39.0 Å². The van der Waals surface area contributed by atoms with Crippen molar-refractivity contribution in [2.75, 3.05) is 0 Å². The Hall–Kier alpha value is -10.2. The number of fused-ring (bicyclic) bond motifs is 7. The zero-order valence-corrected chi connectivity index (χ0v) is 39.8. The fourth-order valence-electron chi connectivity index (χ4n) is 10.4. The van der Waals surface area contributed by atoms with Crippen molar-refractivity contribution in [3.63, 3.8) is 0 Å². The first kappa shape index (κ1) is 42.7. The molecule has 0 N–H and O–H groups in total. The highest BCUT2D eigenvalue weighted by atomic mass is 15.1. The highest BCUT2D eigenvalue weighted by Crippen LogP contribution is 2.44. The molecule has 14 rings (SSSR count). The van der Waals surface area contributed by atoms with Gasteiger partial charge in [0.05, 0.1) is 27.8 Å². The number of hydrogen-bond acceptors (Lipinski definition) is 6. The van der Waals surface area contributed by atoms with Crippen molar-refractivity contribution in [2.24, 2.45) is 0 Å². The highest BCUT2D eigenvalue weighted by molar-refractivity contribution is 6.29. The average molecular weight is 947 g/mol. The molecule has 0 saturated carbocycles. The second kappa shape index (κ2) is 17.9. The van der Waals surface area contributed by atoms with Gasteiger partial charge in [-0.25, -0.2) is 29.9 Å². The van der Waals surface area contributed by atoms with Crippen LogP contribution >= 0.6 is 0 Å². The first-order valence-electron chi connectivity index (χ1n) is 24.7. The van der Waals surface area contributed by atoms with Crippen LogP contribution in [0.5, 0.6) is 0 Å². The van der Waals surface area contributed by atoms with Gasteiger partial charge in [0.25, 0.3) is 0 Å². The monoisotopic (exact) mass is 946 g/mol. The Morgan fingerprint density at radius 2 is 0.568 bits per heavy atom. The van der Waals surface area contributed by atoms with Gasteiger partial charge in [0.2, 0.25) is 0 Å². The third-order valence-electron chi connectivity index (χ3n) is 13.8. The summed E-state index contributed by atoms with van der Waals surface area (Å²) < 4.78 is 4.75. The summed E-state index contributed by atoms with van der Waals surface area (Å²) in [5, 5.41) is 4.67. The van der Waals surface area contributed by atoms with Gasteiger partial charge in [-0.05, 0) is 65.7 Å².